The van der Waals surface area contributed by atoms with Crippen molar-refractivity contribution in [3.63, 3.8) is 0 Å². The Morgan fingerprint density at radius 2 is 1.97 bits per heavy atom. The zero-order chi connectivity index (χ0) is 20.3. The molecule has 1 aliphatic rings. The van der Waals surface area contributed by atoms with Crippen LogP contribution in [-0.2, 0) is 22.0 Å². The molecule has 1 aliphatic carbocycles. The van der Waals surface area contributed by atoms with Gasteiger partial charge in [0.25, 0.3) is 0 Å². The standard InChI is InChI=1S/C22H23ClN2O2S2/c23-20-14-19(29(26,27)15-22-24-10-11-28-22)8-9-21(20)25-18-7-6-17(13-18)12-16-4-2-1-3-5-16/h1-5,8-11,14,17-18,25H,6-7,12-13,15H2/t17?,18-/m1/s1. The summed E-state index contributed by atoms with van der Waals surface area (Å²) in [5, 5.41) is 6.31. The van der Waals surface area contributed by atoms with Crippen LogP contribution in [0.4, 0.5) is 5.69 Å². The molecule has 0 spiro atoms. The minimum absolute atomic E-state index is 0.0996. The van der Waals surface area contributed by atoms with Gasteiger partial charge in [-0.2, -0.15) is 0 Å². The summed E-state index contributed by atoms with van der Waals surface area (Å²) in [6.07, 6.45) is 6.08. The Bertz CT molecular complexity index is 1050. The molecule has 0 bridgehead atoms. The van der Waals surface area contributed by atoms with E-state index in [9.17, 15) is 8.42 Å². The SMILES string of the molecule is O=S(=O)(Cc1nccs1)c1ccc(N[C@@H]2CCC(Cc3ccccc3)C2)c(Cl)c1. The lowest BCUT2D eigenvalue weighted by Crippen LogP contribution is -2.16. The molecule has 152 valence electrons. The number of aromatic nitrogens is 1. The summed E-state index contributed by atoms with van der Waals surface area (Å²) < 4.78 is 25.2. The minimum Gasteiger partial charge on any atom is -0.381 e. The lowest BCUT2D eigenvalue weighted by molar-refractivity contribution is 0.540. The Kier molecular flexibility index (Phi) is 6.23. The first-order chi connectivity index (χ1) is 14.0. The average Bonchev–Trinajstić information content (AvgIpc) is 3.36. The van der Waals surface area contributed by atoms with Crippen molar-refractivity contribution in [3.05, 3.63) is 75.7 Å². The molecule has 7 heteroatoms. The zero-order valence-electron chi connectivity index (χ0n) is 15.9. The van der Waals surface area contributed by atoms with Gasteiger partial charge < -0.3 is 5.32 Å². The first kappa shape index (κ1) is 20.4. The monoisotopic (exact) mass is 446 g/mol. The Labute approximate surface area is 180 Å². The van der Waals surface area contributed by atoms with E-state index >= 15 is 0 Å². The molecule has 4 rings (SSSR count). The van der Waals surface area contributed by atoms with Crippen molar-refractivity contribution in [2.24, 2.45) is 5.92 Å². The molecule has 0 saturated heterocycles. The Morgan fingerprint density at radius 3 is 2.69 bits per heavy atom. The highest BCUT2D eigenvalue weighted by Crippen LogP contribution is 2.33. The van der Waals surface area contributed by atoms with Gasteiger partial charge in [0.2, 0.25) is 0 Å². The number of nitrogens with zero attached hydrogens (tertiary/aromatic N) is 1. The zero-order valence-corrected chi connectivity index (χ0v) is 18.3. The lowest BCUT2D eigenvalue weighted by Gasteiger charge is -2.17. The van der Waals surface area contributed by atoms with E-state index in [0.717, 1.165) is 24.9 Å². The van der Waals surface area contributed by atoms with E-state index in [1.54, 1.807) is 29.8 Å². The summed E-state index contributed by atoms with van der Waals surface area (Å²) in [6.45, 7) is 0. The quantitative estimate of drug-likeness (QED) is 0.513. The molecular formula is C22H23ClN2O2S2. The van der Waals surface area contributed by atoms with Crippen molar-refractivity contribution < 1.29 is 8.42 Å². The summed E-state index contributed by atoms with van der Waals surface area (Å²) >= 11 is 7.76. The second kappa shape index (κ2) is 8.86. The summed E-state index contributed by atoms with van der Waals surface area (Å²) in [5.41, 5.74) is 2.18. The highest BCUT2D eigenvalue weighted by Gasteiger charge is 2.25. The average molecular weight is 447 g/mol. The van der Waals surface area contributed by atoms with Crippen molar-refractivity contribution in [3.8, 4) is 0 Å². The molecular weight excluding hydrogens is 424 g/mol. The number of sulfone groups is 1. The van der Waals surface area contributed by atoms with E-state index in [2.05, 4.69) is 34.6 Å². The molecule has 1 aromatic heterocycles. The molecule has 1 unspecified atom stereocenters. The van der Waals surface area contributed by atoms with Crippen molar-refractivity contribution in [2.45, 2.75) is 42.4 Å². The van der Waals surface area contributed by atoms with Gasteiger partial charge in [0.15, 0.2) is 9.84 Å². The molecule has 3 aromatic rings. The van der Waals surface area contributed by atoms with Crippen molar-refractivity contribution in [1.82, 2.24) is 4.98 Å². The summed E-state index contributed by atoms with van der Waals surface area (Å²) in [7, 11) is -3.46. The van der Waals surface area contributed by atoms with Crippen LogP contribution >= 0.6 is 22.9 Å². The van der Waals surface area contributed by atoms with Gasteiger partial charge >= 0.3 is 0 Å². The van der Waals surface area contributed by atoms with Crippen LogP contribution in [0.15, 0.2) is 65.0 Å². The first-order valence-electron chi connectivity index (χ1n) is 9.71. The number of nitrogens with one attached hydrogen (secondary N) is 1. The van der Waals surface area contributed by atoms with Crippen LogP contribution < -0.4 is 5.32 Å². The third-order valence-corrected chi connectivity index (χ3v) is 8.27. The fraction of sp³-hybridized carbons (Fsp3) is 0.318. The maximum Gasteiger partial charge on any atom is 0.184 e. The van der Waals surface area contributed by atoms with Crippen LogP contribution in [0.25, 0.3) is 0 Å². The highest BCUT2D eigenvalue weighted by atomic mass is 35.5. The van der Waals surface area contributed by atoms with Crippen molar-refractivity contribution in [2.75, 3.05) is 5.32 Å². The van der Waals surface area contributed by atoms with Crippen LogP contribution in [0.1, 0.15) is 29.8 Å². The molecule has 4 nitrogen and oxygen atoms in total. The maximum atomic E-state index is 12.6. The molecule has 1 saturated carbocycles. The summed E-state index contributed by atoms with van der Waals surface area (Å²) in [6, 6.07) is 15.9. The topological polar surface area (TPSA) is 59.1 Å². The number of anilines is 1. The molecule has 1 heterocycles. The van der Waals surface area contributed by atoms with Crippen LogP contribution in [0, 0.1) is 5.92 Å². The highest BCUT2D eigenvalue weighted by molar-refractivity contribution is 7.90. The molecule has 29 heavy (non-hydrogen) atoms. The van der Waals surface area contributed by atoms with E-state index < -0.39 is 9.84 Å². The third-order valence-electron chi connectivity index (χ3n) is 5.36. The Balaban J connectivity index is 1.39. The van der Waals surface area contributed by atoms with E-state index in [4.69, 9.17) is 11.6 Å². The second-order valence-electron chi connectivity index (χ2n) is 7.54. The van der Waals surface area contributed by atoms with Gasteiger partial charge in [-0.25, -0.2) is 13.4 Å². The van der Waals surface area contributed by atoms with Crippen LogP contribution in [0.5, 0.6) is 0 Å². The molecule has 0 aliphatic heterocycles. The normalized spacial score (nSPS) is 19.3. The summed E-state index contributed by atoms with van der Waals surface area (Å²) in [5.74, 6) is 0.559. The van der Waals surface area contributed by atoms with Gasteiger partial charge in [0.1, 0.15) is 10.8 Å². The molecule has 1 N–H and O–H groups in total. The largest absolute Gasteiger partial charge is 0.381 e. The van der Waals surface area contributed by atoms with Gasteiger partial charge in [-0.05, 0) is 55.4 Å². The number of rotatable bonds is 7. The molecule has 1 fully saturated rings. The minimum atomic E-state index is -3.46. The number of benzene rings is 2. The van der Waals surface area contributed by atoms with E-state index in [1.165, 1.54) is 23.3 Å². The Hall–Kier alpha value is -1.89. The van der Waals surface area contributed by atoms with Gasteiger partial charge in [0, 0.05) is 17.6 Å². The fourth-order valence-corrected chi connectivity index (χ4v) is 6.51. The number of halogens is 1. The number of thiazole rings is 1. The second-order valence-corrected chi connectivity index (χ2v) is 10.9. The van der Waals surface area contributed by atoms with Crippen LogP contribution in [-0.4, -0.2) is 19.4 Å². The maximum absolute atomic E-state index is 12.6. The van der Waals surface area contributed by atoms with Crippen molar-refractivity contribution >= 4 is 38.5 Å². The van der Waals surface area contributed by atoms with Crippen LogP contribution in [0.2, 0.25) is 5.02 Å². The van der Waals surface area contributed by atoms with E-state index in [-0.39, 0.29) is 10.6 Å². The van der Waals surface area contributed by atoms with Crippen molar-refractivity contribution in [1.29, 1.82) is 0 Å². The fourth-order valence-electron chi connectivity index (χ4n) is 3.94. The predicted molar refractivity (Wildman–Crippen MR) is 119 cm³/mol. The molecule has 0 radical (unpaired) electrons. The van der Waals surface area contributed by atoms with E-state index in [0.29, 0.717) is 22.0 Å². The Morgan fingerprint density at radius 1 is 1.14 bits per heavy atom. The number of hydrogen-bond acceptors (Lipinski definition) is 5. The first-order valence-corrected chi connectivity index (χ1v) is 12.6. The van der Waals surface area contributed by atoms with E-state index in [1.807, 2.05) is 6.07 Å². The van der Waals surface area contributed by atoms with Gasteiger partial charge in [-0.3, -0.25) is 0 Å². The molecule has 2 aromatic carbocycles. The molecule has 0 amide bonds. The predicted octanol–water partition coefficient (Wildman–Crippen LogP) is 5.59. The third kappa shape index (κ3) is 5.18. The smallest absolute Gasteiger partial charge is 0.184 e. The van der Waals surface area contributed by atoms with Crippen LogP contribution in [0.3, 0.4) is 0 Å². The van der Waals surface area contributed by atoms with Gasteiger partial charge in [-0.15, -0.1) is 11.3 Å². The van der Waals surface area contributed by atoms with Gasteiger partial charge in [0.05, 0.1) is 15.6 Å². The van der Waals surface area contributed by atoms with Gasteiger partial charge in [-0.1, -0.05) is 41.9 Å². The lowest BCUT2D eigenvalue weighted by atomic mass is 9.98. The molecule has 2 atom stereocenters. The number of hydrogen-bond donors (Lipinski definition) is 1. The summed E-state index contributed by atoms with van der Waals surface area (Å²) in [4.78, 5) is 4.30.